The summed E-state index contributed by atoms with van der Waals surface area (Å²) in [7, 11) is 3.75. The summed E-state index contributed by atoms with van der Waals surface area (Å²) >= 11 is 0. The normalized spacial score (nSPS) is 11.8. The molecule has 1 heterocycles. The maximum absolute atomic E-state index is 5.04. The van der Waals surface area contributed by atoms with Crippen molar-refractivity contribution in [3.63, 3.8) is 0 Å². The third-order valence-corrected chi connectivity index (χ3v) is 6.23. The molecule has 0 spiro atoms. The molecule has 0 unspecified atom stereocenters. The van der Waals surface area contributed by atoms with Gasteiger partial charge in [0.25, 0.3) is 0 Å². The van der Waals surface area contributed by atoms with E-state index >= 15 is 0 Å². The van der Waals surface area contributed by atoms with Gasteiger partial charge in [-0.05, 0) is 67.0 Å². The molecule has 0 atom stereocenters. The highest BCUT2D eigenvalue weighted by Crippen LogP contribution is 2.37. The summed E-state index contributed by atoms with van der Waals surface area (Å²) in [5.74, 6) is 0.486. The molecule has 37 heavy (non-hydrogen) atoms. The number of hydrogen-bond acceptors (Lipinski definition) is 2. The van der Waals surface area contributed by atoms with E-state index in [2.05, 4.69) is 121 Å². The molecule has 2 nitrogen and oxygen atoms in total. The van der Waals surface area contributed by atoms with E-state index in [9.17, 15) is 0 Å². The number of aryl methyl sites for hydroxylation is 1. The molecule has 0 saturated carbocycles. The molecule has 186 valence electrons. The van der Waals surface area contributed by atoms with Gasteiger partial charge in [0.15, 0.2) is 0 Å². The van der Waals surface area contributed by atoms with Crippen LogP contribution in [0.1, 0.15) is 30.9 Å². The zero-order valence-corrected chi connectivity index (χ0v) is 22.5. The first kappa shape index (κ1) is 26.1. The lowest BCUT2D eigenvalue weighted by atomic mass is 9.94. The number of rotatable bonds is 4. The van der Waals surface area contributed by atoms with E-state index in [0.717, 1.165) is 16.8 Å². The molecule has 5 aromatic rings. The summed E-state index contributed by atoms with van der Waals surface area (Å²) in [5.41, 5.74) is 10.7. The van der Waals surface area contributed by atoms with Crippen molar-refractivity contribution >= 4 is 10.9 Å². The van der Waals surface area contributed by atoms with E-state index in [4.69, 9.17) is 4.98 Å². The van der Waals surface area contributed by atoms with Crippen LogP contribution in [-0.2, 0) is 0 Å². The van der Waals surface area contributed by atoms with E-state index in [1.54, 1.807) is 0 Å². The zero-order valence-electron chi connectivity index (χ0n) is 22.5. The molecule has 1 N–H and O–H groups in total. The summed E-state index contributed by atoms with van der Waals surface area (Å²) < 4.78 is 0. The number of benzene rings is 4. The lowest BCUT2D eigenvalue weighted by Gasteiger charge is -2.13. The highest BCUT2D eigenvalue weighted by Gasteiger charge is 2.16. The number of hydrogen-bond donors (Lipinski definition) is 1. The van der Waals surface area contributed by atoms with Crippen molar-refractivity contribution in [1.82, 2.24) is 10.3 Å². The Morgan fingerprint density at radius 2 is 1.27 bits per heavy atom. The van der Waals surface area contributed by atoms with Crippen molar-refractivity contribution in [1.29, 1.82) is 0 Å². The fourth-order valence-corrected chi connectivity index (χ4v) is 4.34. The topological polar surface area (TPSA) is 24.9 Å². The quantitative estimate of drug-likeness (QED) is 0.257. The third kappa shape index (κ3) is 6.22. The summed E-state index contributed by atoms with van der Waals surface area (Å²) in [6.07, 6.45) is 4.49. The molecular weight excluding hydrogens is 448 g/mol. The Labute approximate surface area is 221 Å². The molecule has 2 heteroatoms. The highest BCUT2D eigenvalue weighted by atomic mass is 14.7. The lowest BCUT2D eigenvalue weighted by Crippen LogP contribution is -1.92. The number of allylic oxidation sites excluding steroid dienone is 2. The summed E-state index contributed by atoms with van der Waals surface area (Å²) in [6.45, 7) is 6.12. The van der Waals surface area contributed by atoms with Crippen molar-refractivity contribution in [2.45, 2.75) is 26.7 Å². The molecule has 0 fully saturated rings. The number of aromatic nitrogens is 1. The SMILES string of the molecule is CC.CNC.Cc1ccc(-c2ccc3nc(-c4ccccc4)cc(-c4cccc(C5C=C5)c4)c3c2)cc1. The van der Waals surface area contributed by atoms with E-state index in [0.29, 0.717) is 5.92 Å². The number of pyridine rings is 1. The Bertz CT molecular complexity index is 1480. The third-order valence-electron chi connectivity index (χ3n) is 6.23. The Kier molecular flexibility index (Phi) is 8.66. The smallest absolute Gasteiger partial charge is 0.0716 e. The van der Waals surface area contributed by atoms with Crippen LogP contribution in [-0.4, -0.2) is 19.1 Å². The second-order valence-corrected chi connectivity index (χ2v) is 9.06. The summed E-state index contributed by atoms with van der Waals surface area (Å²) in [6, 6.07) is 37.0. The molecule has 0 bridgehead atoms. The van der Waals surface area contributed by atoms with Gasteiger partial charge in [0, 0.05) is 16.9 Å². The largest absolute Gasteiger partial charge is 0.323 e. The number of nitrogens with zero attached hydrogens (tertiary/aromatic N) is 1. The number of nitrogens with one attached hydrogen (secondary N) is 1. The zero-order chi connectivity index (χ0) is 26.2. The average Bonchev–Trinajstić information content (AvgIpc) is 3.81. The predicted octanol–water partition coefficient (Wildman–Crippen LogP) is 9.06. The maximum Gasteiger partial charge on any atom is 0.0716 e. The second kappa shape index (κ2) is 12.3. The van der Waals surface area contributed by atoms with Crippen LogP contribution in [0.5, 0.6) is 0 Å². The van der Waals surface area contributed by atoms with Crippen LogP contribution in [0.4, 0.5) is 0 Å². The summed E-state index contributed by atoms with van der Waals surface area (Å²) in [4.78, 5) is 5.04. The van der Waals surface area contributed by atoms with Gasteiger partial charge in [-0.2, -0.15) is 0 Å². The van der Waals surface area contributed by atoms with Gasteiger partial charge >= 0.3 is 0 Å². The first-order chi connectivity index (χ1) is 18.2. The van der Waals surface area contributed by atoms with Crippen LogP contribution in [0.25, 0.3) is 44.4 Å². The molecule has 1 aliphatic rings. The predicted molar refractivity (Wildman–Crippen MR) is 161 cm³/mol. The monoisotopic (exact) mass is 484 g/mol. The van der Waals surface area contributed by atoms with Crippen molar-refractivity contribution in [2.75, 3.05) is 14.1 Å². The molecule has 0 saturated heterocycles. The van der Waals surface area contributed by atoms with Gasteiger partial charge in [-0.15, -0.1) is 0 Å². The maximum atomic E-state index is 5.04. The molecule has 0 aliphatic heterocycles. The van der Waals surface area contributed by atoms with Crippen LogP contribution >= 0.6 is 0 Å². The number of fused-ring (bicyclic) bond motifs is 1. The van der Waals surface area contributed by atoms with Crippen molar-refractivity contribution < 1.29 is 0 Å². The highest BCUT2D eigenvalue weighted by molar-refractivity contribution is 5.99. The molecule has 1 aliphatic carbocycles. The van der Waals surface area contributed by atoms with Gasteiger partial charge in [0.05, 0.1) is 11.2 Å². The average molecular weight is 485 g/mol. The van der Waals surface area contributed by atoms with Gasteiger partial charge in [0.2, 0.25) is 0 Å². The van der Waals surface area contributed by atoms with Crippen molar-refractivity contribution in [2.24, 2.45) is 0 Å². The second-order valence-electron chi connectivity index (χ2n) is 9.06. The Balaban J connectivity index is 0.000000599. The minimum absolute atomic E-state index is 0.486. The molecule has 4 aromatic carbocycles. The van der Waals surface area contributed by atoms with Crippen LogP contribution in [0.3, 0.4) is 0 Å². The van der Waals surface area contributed by atoms with Crippen LogP contribution in [0.2, 0.25) is 0 Å². The fourth-order valence-electron chi connectivity index (χ4n) is 4.34. The van der Waals surface area contributed by atoms with Crippen LogP contribution < -0.4 is 5.32 Å². The van der Waals surface area contributed by atoms with Gasteiger partial charge in [-0.1, -0.05) is 116 Å². The standard InChI is InChI=1S/C31H23N.C2H7N.C2H6/c1-21-10-12-22(13-11-21)26-16-17-30-29(19-26)28(20-31(32-30)24-6-3-2-4-7-24)27-9-5-8-25(18-27)23-14-15-23;1-3-2;1-2/h2-20,23H,1H3;3H,1-2H3;1-2H3. The van der Waals surface area contributed by atoms with Gasteiger partial charge in [-0.3, -0.25) is 0 Å². The van der Waals surface area contributed by atoms with Crippen LogP contribution in [0.15, 0.2) is 115 Å². The van der Waals surface area contributed by atoms with E-state index in [-0.39, 0.29) is 0 Å². The van der Waals surface area contributed by atoms with E-state index in [1.165, 1.54) is 38.8 Å². The molecule has 0 radical (unpaired) electrons. The van der Waals surface area contributed by atoms with E-state index in [1.807, 2.05) is 34.0 Å². The first-order valence-corrected chi connectivity index (χ1v) is 13.1. The van der Waals surface area contributed by atoms with Gasteiger partial charge in [-0.25, -0.2) is 4.98 Å². The Morgan fingerprint density at radius 1 is 0.622 bits per heavy atom. The van der Waals surface area contributed by atoms with Crippen molar-refractivity contribution in [3.05, 3.63) is 126 Å². The summed E-state index contributed by atoms with van der Waals surface area (Å²) in [5, 5.41) is 3.93. The molecule has 1 aromatic heterocycles. The lowest BCUT2D eigenvalue weighted by molar-refractivity contribution is 1.02. The van der Waals surface area contributed by atoms with Gasteiger partial charge < -0.3 is 5.32 Å². The first-order valence-electron chi connectivity index (χ1n) is 13.1. The van der Waals surface area contributed by atoms with Crippen LogP contribution in [0, 0.1) is 6.92 Å². The Hall–Kier alpha value is -4.01. The Morgan fingerprint density at radius 3 is 1.95 bits per heavy atom. The molecule has 0 amide bonds. The molecule has 6 rings (SSSR count). The van der Waals surface area contributed by atoms with Gasteiger partial charge in [0.1, 0.15) is 0 Å². The van der Waals surface area contributed by atoms with E-state index < -0.39 is 0 Å². The fraction of sp³-hybridized carbons (Fsp3) is 0.171. The molecular formula is C35H36N2. The minimum Gasteiger partial charge on any atom is -0.323 e. The van der Waals surface area contributed by atoms with Crippen molar-refractivity contribution in [3.8, 4) is 33.5 Å². The minimum atomic E-state index is 0.486.